The molecule has 0 saturated carbocycles. The summed E-state index contributed by atoms with van der Waals surface area (Å²) in [5.41, 5.74) is 0. The van der Waals surface area contributed by atoms with Crippen molar-refractivity contribution in [1.29, 1.82) is 0 Å². The molecule has 57 heavy (non-hydrogen) atoms. The minimum absolute atomic E-state index is 0.0641. The predicted octanol–water partition coefficient (Wildman–Crippen LogP) is 16.1. The Balaban J connectivity index is 4.34. The van der Waals surface area contributed by atoms with E-state index in [4.69, 9.17) is 14.2 Å². The molecule has 0 aromatic carbocycles. The van der Waals surface area contributed by atoms with Gasteiger partial charge in [-0.25, -0.2) is 0 Å². The molecular formula is C51H98O6. The van der Waals surface area contributed by atoms with E-state index in [0.717, 1.165) is 69.6 Å². The van der Waals surface area contributed by atoms with Crippen LogP contribution in [-0.2, 0) is 28.6 Å². The average Bonchev–Trinajstić information content (AvgIpc) is 3.19. The highest BCUT2D eigenvalue weighted by Crippen LogP contribution is 2.18. The van der Waals surface area contributed by atoms with Crippen molar-refractivity contribution in [3.05, 3.63) is 0 Å². The van der Waals surface area contributed by atoms with Crippen LogP contribution in [0.5, 0.6) is 0 Å². The van der Waals surface area contributed by atoms with Crippen molar-refractivity contribution in [1.82, 2.24) is 0 Å². The molecule has 0 bridgehead atoms. The molecule has 1 unspecified atom stereocenters. The maximum Gasteiger partial charge on any atom is 0.306 e. The van der Waals surface area contributed by atoms with Crippen molar-refractivity contribution in [3.63, 3.8) is 0 Å². The van der Waals surface area contributed by atoms with Crippen LogP contribution in [0.3, 0.4) is 0 Å². The van der Waals surface area contributed by atoms with Crippen molar-refractivity contribution in [2.45, 2.75) is 285 Å². The van der Waals surface area contributed by atoms with Crippen LogP contribution in [0.4, 0.5) is 0 Å². The Morgan fingerprint density at radius 1 is 0.368 bits per heavy atom. The van der Waals surface area contributed by atoms with Crippen molar-refractivity contribution in [2.24, 2.45) is 11.8 Å². The van der Waals surface area contributed by atoms with E-state index in [9.17, 15) is 14.4 Å². The molecule has 0 radical (unpaired) electrons. The Labute approximate surface area is 355 Å². The largest absolute Gasteiger partial charge is 0.462 e. The number of ether oxygens (including phenoxy) is 3. The van der Waals surface area contributed by atoms with Gasteiger partial charge < -0.3 is 14.2 Å². The summed E-state index contributed by atoms with van der Waals surface area (Å²) in [6.07, 6.45) is 43.6. The zero-order chi connectivity index (χ0) is 41.9. The lowest BCUT2D eigenvalue weighted by molar-refractivity contribution is -0.167. The van der Waals surface area contributed by atoms with E-state index in [2.05, 4.69) is 34.6 Å². The van der Waals surface area contributed by atoms with Crippen molar-refractivity contribution in [3.8, 4) is 0 Å². The molecule has 0 heterocycles. The van der Waals surface area contributed by atoms with Crippen LogP contribution in [0.1, 0.15) is 279 Å². The molecule has 0 aromatic rings. The summed E-state index contributed by atoms with van der Waals surface area (Å²) in [5.74, 6) is 0.825. The zero-order valence-electron chi connectivity index (χ0n) is 39.0. The summed E-state index contributed by atoms with van der Waals surface area (Å²) in [6.45, 7) is 11.4. The number of hydrogen-bond donors (Lipinski definition) is 0. The molecule has 0 fully saturated rings. The number of carbonyl (C=O) groups excluding carboxylic acids is 3. The van der Waals surface area contributed by atoms with Crippen LogP contribution >= 0.6 is 0 Å². The van der Waals surface area contributed by atoms with Crippen LogP contribution in [0.15, 0.2) is 0 Å². The third-order valence-electron chi connectivity index (χ3n) is 11.8. The van der Waals surface area contributed by atoms with E-state index in [0.29, 0.717) is 19.3 Å². The van der Waals surface area contributed by atoms with Gasteiger partial charge in [0.05, 0.1) is 0 Å². The van der Waals surface area contributed by atoms with Crippen LogP contribution < -0.4 is 0 Å². The smallest absolute Gasteiger partial charge is 0.306 e. The van der Waals surface area contributed by atoms with E-state index < -0.39 is 6.10 Å². The van der Waals surface area contributed by atoms with E-state index in [1.54, 1.807) is 0 Å². The highest BCUT2D eigenvalue weighted by Gasteiger charge is 2.19. The highest BCUT2D eigenvalue weighted by atomic mass is 16.6. The fourth-order valence-electron chi connectivity index (χ4n) is 7.60. The van der Waals surface area contributed by atoms with E-state index in [1.165, 1.54) is 167 Å². The lowest BCUT2D eigenvalue weighted by Gasteiger charge is -2.18. The lowest BCUT2D eigenvalue weighted by Crippen LogP contribution is -2.30. The molecule has 0 aromatic heterocycles. The maximum atomic E-state index is 12.8. The Bertz CT molecular complexity index is 872. The molecule has 0 aliphatic carbocycles. The molecule has 2 atom stereocenters. The van der Waals surface area contributed by atoms with E-state index in [1.807, 2.05) is 0 Å². The number of unbranched alkanes of at least 4 members (excludes halogenated alkanes) is 29. The Morgan fingerprint density at radius 3 is 1.00 bits per heavy atom. The summed E-state index contributed by atoms with van der Waals surface area (Å²) in [7, 11) is 0. The van der Waals surface area contributed by atoms with Crippen molar-refractivity contribution in [2.75, 3.05) is 13.2 Å². The lowest BCUT2D eigenvalue weighted by atomic mass is 9.99. The molecule has 0 aliphatic heterocycles. The monoisotopic (exact) mass is 807 g/mol. The third-order valence-corrected chi connectivity index (χ3v) is 11.8. The van der Waals surface area contributed by atoms with Gasteiger partial charge >= 0.3 is 17.9 Å². The van der Waals surface area contributed by atoms with Gasteiger partial charge in [0.2, 0.25) is 0 Å². The summed E-state index contributed by atoms with van der Waals surface area (Å²) < 4.78 is 16.8. The molecule has 6 heteroatoms. The third kappa shape index (κ3) is 43.8. The summed E-state index contributed by atoms with van der Waals surface area (Å²) in [5, 5.41) is 0. The second-order valence-electron chi connectivity index (χ2n) is 18.2. The van der Waals surface area contributed by atoms with Gasteiger partial charge in [-0.15, -0.1) is 0 Å². The van der Waals surface area contributed by atoms with Gasteiger partial charge in [-0.05, 0) is 31.1 Å². The van der Waals surface area contributed by atoms with E-state index in [-0.39, 0.29) is 31.1 Å². The summed E-state index contributed by atoms with van der Waals surface area (Å²) in [4.78, 5) is 37.9. The normalized spacial score (nSPS) is 12.5. The van der Waals surface area contributed by atoms with Crippen LogP contribution in [-0.4, -0.2) is 37.2 Å². The standard InChI is InChI=1S/C51H98O6/c1-6-8-9-10-11-12-13-14-15-21-26-31-36-41-49(52)55-44-48(45-56-50(53)42-37-32-27-23-18-19-24-29-34-39-46(3)4)57-51(54)43-38-33-28-22-17-16-20-25-30-35-40-47(5)7-2/h46-48H,6-45H2,1-5H3/t47?,48-/m0/s1. The fraction of sp³-hybridized carbons (Fsp3) is 0.941. The van der Waals surface area contributed by atoms with E-state index >= 15 is 0 Å². The van der Waals surface area contributed by atoms with Gasteiger partial charge in [0.15, 0.2) is 6.10 Å². The second kappa shape index (κ2) is 44.0. The topological polar surface area (TPSA) is 78.9 Å². The van der Waals surface area contributed by atoms with Gasteiger partial charge in [-0.3, -0.25) is 14.4 Å². The maximum absolute atomic E-state index is 12.8. The Hall–Kier alpha value is -1.59. The molecular weight excluding hydrogens is 709 g/mol. The SMILES string of the molecule is CCCCCCCCCCCCCCCC(=O)OC[C@@H](COC(=O)CCCCCCCCCCCC(C)C)OC(=O)CCCCCCCCCCCCC(C)CC. The summed E-state index contributed by atoms with van der Waals surface area (Å²) >= 11 is 0. The number of esters is 3. The summed E-state index contributed by atoms with van der Waals surface area (Å²) in [6, 6.07) is 0. The molecule has 0 saturated heterocycles. The van der Waals surface area contributed by atoms with Gasteiger partial charge in [0.1, 0.15) is 13.2 Å². The van der Waals surface area contributed by atoms with Gasteiger partial charge in [-0.1, -0.05) is 240 Å². The van der Waals surface area contributed by atoms with Crippen molar-refractivity contribution >= 4 is 17.9 Å². The first kappa shape index (κ1) is 55.4. The zero-order valence-corrected chi connectivity index (χ0v) is 39.0. The predicted molar refractivity (Wildman–Crippen MR) is 243 cm³/mol. The van der Waals surface area contributed by atoms with Crippen LogP contribution in [0.25, 0.3) is 0 Å². The first-order chi connectivity index (χ1) is 27.8. The molecule has 0 amide bonds. The first-order valence-corrected chi connectivity index (χ1v) is 25.3. The fourth-order valence-corrected chi connectivity index (χ4v) is 7.60. The first-order valence-electron chi connectivity index (χ1n) is 25.3. The Kier molecular flexibility index (Phi) is 42.7. The quantitative estimate of drug-likeness (QED) is 0.0346. The highest BCUT2D eigenvalue weighted by molar-refractivity contribution is 5.71. The minimum atomic E-state index is -0.761. The average molecular weight is 807 g/mol. The molecule has 0 spiro atoms. The molecule has 0 aliphatic rings. The minimum Gasteiger partial charge on any atom is -0.462 e. The number of rotatable bonds is 45. The number of carbonyl (C=O) groups is 3. The number of hydrogen-bond acceptors (Lipinski definition) is 6. The second-order valence-corrected chi connectivity index (χ2v) is 18.2. The van der Waals surface area contributed by atoms with Gasteiger partial charge in [-0.2, -0.15) is 0 Å². The van der Waals surface area contributed by atoms with Gasteiger partial charge in [0, 0.05) is 19.3 Å². The molecule has 6 nitrogen and oxygen atoms in total. The van der Waals surface area contributed by atoms with Crippen molar-refractivity contribution < 1.29 is 28.6 Å². The molecule has 338 valence electrons. The van der Waals surface area contributed by atoms with Crippen LogP contribution in [0, 0.1) is 11.8 Å². The van der Waals surface area contributed by atoms with Gasteiger partial charge in [0.25, 0.3) is 0 Å². The molecule has 0 rings (SSSR count). The Morgan fingerprint density at radius 2 is 0.667 bits per heavy atom. The van der Waals surface area contributed by atoms with Crippen LogP contribution in [0.2, 0.25) is 0 Å². The molecule has 0 N–H and O–H groups in total.